The molecule has 2 amide bonds. The molecule has 9 nitrogen and oxygen atoms in total. The fourth-order valence-electron chi connectivity index (χ4n) is 1.84. The fraction of sp³-hybridized carbons (Fsp3) is 0.143. The maximum Gasteiger partial charge on any atom is 0.335 e. The number of ether oxygens (including phenoxy) is 1. The maximum atomic E-state index is 12.4. The Morgan fingerprint density at radius 1 is 1.24 bits per heavy atom. The number of halogens is 1. The van der Waals surface area contributed by atoms with Gasteiger partial charge in [0.05, 0.1) is 12.0 Å². The number of sulfonamides is 1. The van der Waals surface area contributed by atoms with Crippen molar-refractivity contribution in [3.8, 4) is 6.01 Å². The maximum absolute atomic E-state index is 12.4. The molecule has 0 aliphatic rings. The molecule has 0 spiro atoms. The highest BCUT2D eigenvalue weighted by atomic mass is 79.9. The third kappa shape index (κ3) is 4.97. The standard InChI is InChI=1S/C14H14BrN5O4S/c1-9-16-12(19-14(17-9)24-2)18-13(21)20-25(22,23)11-6-4-3-5-10(11)7-8-15/h3-8H,1-2H3,(H2,16,17,18,19,20,21). The molecule has 2 N–H and O–H groups in total. The summed E-state index contributed by atoms with van der Waals surface area (Å²) in [6, 6.07) is 5.21. The average Bonchev–Trinajstić information content (AvgIpc) is 2.54. The van der Waals surface area contributed by atoms with Crippen LogP contribution in [0.4, 0.5) is 10.7 Å². The molecule has 11 heteroatoms. The van der Waals surface area contributed by atoms with Gasteiger partial charge in [0.15, 0.2) is 0 Å². The number of carbonyl (C=O) groups excluding carboxylic acids is 1. The molecule has 2 aromatic rings. The van der Waals surface area contributed by atoms with E-state index in [1.54, 1.807) is 31.2 Å². The minimum Gasteiger partial charge on any atom is -0.467 e. The van der Waals surface area contributed by atoms with E-state index in [0.717, 1.165) is 0 Å². The van der Waals surface area contributed by atoms with Crippen LogP contribution in [0, 0.1) is 6.92 Å². The summed E-state index contributed by atoms with van der Waals surface area (Å²) < 4.78 is 31.6. The molecule has 0 unspecified atom stereocenters. The lowest BCUT2D eigenvalue weighted by Gasteiger charge is -2.10. The Labute approximate surface area is 152 Å². The Balaban J connectivity index is 2.21. The molecule has 0 aliphatic heterocycles. The second kappa shape index (κ2) is 8.03. The summed E-state index contributed by atoms with van der Waals surface area (Å²) in [4.78, 5) is 25.0. The van der Waals surface area contributed by atoms with Gasteiger partial charge in [-0.15, -0.1) is 0 Å². The Bertz CT molecular complexity index is 917. The molecule has 0 saturated heterocycles. The van der Waals surface area contributed by atoms with Gasteiger partial charge < -0.3 is 4.74 Å². The van der Waals surface area contributed by atoms with Gasteiger partial charge >= 0.3 is 12.0 Å². The summed E-state index contributed by atoms with van der Waals surface area (Å²) >= 11 is 3.09. The van der Waals surface area contributed by atoms with E-state index in [1.165, 1.54) is 18.2 Å². The van der Waals surface area contributed by atoms with Crippen molar-refractivity contribution >= 4 is 44.0 Å². The highest BCUT2D eigenvalue weighted by molar-refractivity contribution is 9.11. The molecule has 25 heavy (non-hydrogen) atoms. The van der Waals surface area contributed by atoms with Gasteiger partial charge in [-0.2, -0.15) is 15.0 Å². The van der Waals surface area contributed by atoms with E-state index >= 15 is 0 Å². The number of hydrogen-bond donors (Lipinski definition) is 2. The number of carbonyl (C=O) groups is 1. The highest BCUT2D eigenvalue weighted by Gasteiger charge is 2.21. The fourth-order valence-corrected chi connectivity index (χ4v) is 3.23. The van der Waals surface area contributed by atoms with Crippen molar-refractivity contribution in [2.45, 2.75) is 11.8 Å². The number of nitrogens with one attached hydrogen (secondary N) is 2. The summed E-state index contributed by atoms with van der Waals surface area (Å²) in [6.07, 6.45) is 1.55. The first-order chi connectivity index (χ1) is 11.9. The minimum atomic E-state index is -4.09. The predicted octanol–water partition coefficient (Wildman–Crippen LogP) is 2.06. The first-order valence-corrected chi connectivity index (χ1v) is 9.22. The molecule has 2 rings (SSSR count). The van der Waals surface area contributed by atoms with Crippen LogP contribution in [0.3, 0.4) is 0 Å². The van der Waals surface area contributed by atoms with Gasteiger partial charge in [0, 0.05) is 0 Å². The molecular formula is C14H14BrN5O4S. The van der Waals surface area contributed by atoms with Gasteiger partial charge in [0.25, 0.3) is 10.0 Å². The van der Waals surface area contributed by atoms with Crippen molar-refractivity contribution in [1.29, 1.82) is 0 Å². The van der Waals surface area contributed by atoms with Gasteiger partial charge in [0.1, 0.15) is 5.82 Å². The normalized spacial score (nSPS) is 11.3. The molecule has 0 saturated carbocycles. The van der Waals surface area contributed by atoms with Gasteiger partial charge in [-0.05, 0) is 29.6 Å². The molecule has 132 valence electrons. The molecule has 0 radical (unpaired) electrons. The van der Waals surface area contributed by atoms with Gasteiger partial charge in [0.2, 0.25) is 5.95 Å². The smallest absolute Gasteiger partial charge is 0.335 e. The van der Waals surface area contributed by atoms with E-state index in [0.29, 0.717) is 11.4 Å². The molecule has 0 bridgehead atoms. The third-order valence-corrected chi connectivity index (χ3v) is 4.48. The Kier molecular flexibility index (Phi) is 6.04. The topological polar surface area (TPSA) is 123 Å². The SMILES string of the molecule is COc1nc(C)nc(NC(=O)NS(=O)(=O)c2ccccc2C=CBr)n1. The van der Waals surface area contributed by atoms with E-state index in [4.69, 9.17) is 4.74 Å². The van der Waals surface area contributed by atoms with Crippen LogP contribution in [0.15, 0.2) is 34.1 Å². The third-order valence-electron chi connectivity index (χ3n) is 2.81. The lowest BCUT2D eigenvalue weighted by molar-refractivity contribution is 0.256. The summed E-state index contributed by atoms with van der Waals surface area (Å²) in [7, 11) is -2.74. The van der Waals surface area contributed by atoms with E-state index in [1.807, 2.05) is 4.72 Å². The average molecular weight is 428 g/mol. The van der Waals surface area contributed by atoms with Crippen LogP contribution in [0.5, 0.6) is 6.01 Å². The Morgan fingerprint density at radius 2 is 1.96 bits per heavy atom. The molecule has 1 aromatic heterocycles. The van der Waals surface area contributed by atoms with Crippen LogP contribution in [-0.2, 0) is 10.0 Å². The van der Waals surface area contributed by atoms with Gasteiger partial charge in [-0.1, -0.05) is 34.1 Å². The minimum absolute atomic E-state index is 0.00143. The monoisotopic (exact) mass is 427 g/mol. The number of aromatic nitrogens is 3. The summed E-state index contributed by atoms with van der Waals surface area (Å²) in [5.74, 6) is 0.170. The van der Waals surface area contributed by atoms with Crippen molar-refractivity contribution in [1.82, 2.24) is 19.7 Å². The first kappa shape index (κ1) is 18.8. The number of urea groups is 1. The van der Waals surface area contributed by atoms with Gasteiger partial charge in [-0.3, -0.25) is 5.32 Å². The van der Waals surface area contributed by atoms with E-state index in [2.05, 4.69) is 36.2 Å². The number of anilines is 1. The van der Waals surface area contributed by atoms with E-state index in [9.17, 15) is 13.2 Å². The number of benzene rings is 1. The van der Waals surface area contributed by atoms with Crippen LogP contribution < -0.4 is 14.8 Å². The highest BCUT2D eigenvalue weighted by Crippen LogP contribution is 2.17. The van der Waals surface area contributed by atoms with Crippen LogP contribution in [0.2, 0.25) is 0 Å². The van der Waals surface area contributed by atoms with Gasteiger partial charge in [-0.25, -0.2) is 17.9 Å². The second-order valence-corrected chi connectivity index (χ2v) is 6.76. The number of nitrogens with zero attached hydrogens (tertiary/aromatic N) is 3. The number of aryl methyl sites for hydroxylation is 1. The zero-order valence-corrected chi connectivity index (χ0v) is 15.6. The summed E-state index contributed by atoms with van der Waals surface area (Å²) in [6.45, 7) is 1.58. The van der Waals surface area contributed by atoms with Crippen LogP contribution in [-0.4, -0.2) is 36.5 Å². The summed E-state index contributed by atoms with van der Waals surface area (Å²) in [5, 5.41) is 2.24. The Hall–Kier alpha value is -2.53. The molecule has 1 heterocycles. The van der Waals surface area contributed by atoms with Crippen molar-refractivity contribution < 1.29 is 17.9 Å². The van der Waals surface area contributed by atoms with Crippen molar-refractivity contribution in [2.24, 2.45) is 0 Å². The number of methoxy groups -OCH3 is 1. The second-order valence-electron chi connectivity index (χ2n) is 4.58. The van der Waals surface area contributed by atoms with Crippen molar-refractivity contribution in [3.63, 3.8) is 0 Å². The van der Waals surface area contributed by atoms with E-state index < -0.39 is 16.1 Å². The van der Waals surface area contributed by atoms with Crippen molar-refractivity contribution in [3.05, 3.63) is 40.6 Å². The van der Waals surface area contributed by atoms with E-state index in [-0.39, 0.29) is 16.9 Å². The zero-order valence-electron chi connectivity index (χ0n) is 13.2. The molecule has 0 atom stereocenters. The Morgan fingerprint density at radius 3 is 2.64 bits per heavy atom. The lowest BCUT2D eigenvalue weighted by Crippen LogP contribution is -2.35. The number of amides is 2. The molecule has 1 aromatic carbocycles. The molecule has 0 aliphatic carbocycles. The van der Waals surface area contributed by atoms with Crippen LogP contribution in [0.25, 0.3) is 6.08 Å². The quantitative estimate of drug-likeness (QED) is 0.747. The largest absolute Gasteiger partial charge is 0.467 e. The molecule has 0 fully saturated rings. The van der Waals surface area contributed by atoms with Crippen LogP contribution in [0.1, 0.15) is 11.4 Å². The number of hydrogen-bond acceptors (Lipinski definition) is 7. The zero-order chi connectivity index (χ0) is 18.4. The van der Waals surface area contributed by atoms with Crippen molar-refractivity contribution in [2.75, 3.05) is 12.4 Å². The first-order valence-electron chi connectivity index (χ1n) is 6.82. The van der Waals surface area contributed by atoms with Crippen LogP contribution >= 0.6 is 15.9 Å². The summed E-state index contributed by atoms with van der Waals surface area (Å²) in [5.41, 5.74) is 0.414. The predicted molar refractivity (Wildman–Crippen MR) is 94.9 cm³/mol. The molecular weight excluding hydrogens is 414 g/mol. The lowest BCUT2D eigenvalue weighted by atomic mass is 10.2. The number of rotatable bonds is 5.